The summed E-state index contributed by atoms with van der Waals surface area (Å²) in [4.78, 5) is 10.4. The molecule has 3 aromatic rings. The largest absolute Gasteiger partial charge is 0.494 e. The van der Waals surface area contributed by atoms with Crippen molar-refractivity contribution in [3.63, 3.8) is 0 Å². The maximum atomic E-state index is 10.9. The summed E-state index contributed by atoms with van der Waals surface area (Å²) in [5.74, 6) is 1.29. The first-order chi connectivity index (χ1) is 12.6. The van der Waals surface area contributed by atoms with Crippen LogP contribution in [0.4, 0.5) is 5.69 Å². The topological polar surface area (TPSA) is 98.3 Å². The molecule has 0 saturated carbocycles. The summed E-state index contributed by atoms with van der Waals surface area (Å²) in [6, 6.07) is 13.6. The van der Waals surface area contributed by atoms with E-state index >= 15 is 0 Å². The lowest BCUT2D eigenvalue weighted by atomic mass is 10.2. The lowest BCUT2D eigenvalue weighted by molar-refractivity contribution is -0.384. The van der Waals surface area contributed by atoms with Gasteiger partial charge in [0.25, 0.3) is 5.69 Å². The highest BCUT2D eigenvalue weighted by atomic mass is 32.1. The van der Waals surface area contributed by atoms with E-state index in [1.54, 1.807) is 12.1 Å². The normalized spacial score (nSPS) is 11.0. The van der Waals surface area contributed by atoms with Crippen LogP contribution in [0.25, 0.3) is 11.4 Å². The lowest BCUT2D eigenvalue weighted by Gasteiger charge is -2.04. The Morgan fingerprint density at radius 1 is 1.35 bits per heavy atom. The van der Waals surface area contributed by atoms with Gasteiger partial charge < -0.3 is 4.74 Å². The molecule has 0 unspecified atom stereocenters. The average molecular weight is 369 g/mol. The maximum Gasteiger partial charge on any atom is 0.270 e. The van der Waals surface area contributed by atoms with Gasteiger partial charge in [-0.3, -0.25) is 10.1 Å². The fourth-order valence-electron chi connectivity index (χ4n) is 2.30. The quantitative estimate of drug-likeness (QED) is 0.308. The predicted molar refractivity (Wildman–Crippen MR) is 100 cm³/mol. The van der Waals surface area contributed by atoms with Gasteiger partial charge in [-0.1, -0.05) is 12.1 Å². The zero-order valence-corrected chi connectivity index (χ0v) is 14.6. The highest BCUT2D eigenvalue weighted by Crippen LogP contribution is 2.21. The van der Waals surface area contributed by atoms with E-state index < -0.39 is 4.92 Å². The standard InChI is InChI=1S/C17H15N5O3S/c1-2-25-15-8-6-13(7-9-15)16-19-20-17(26)21(16)18-11-12-4-3-5-14(10-12)22(23)24/h3-11H,2H2,1H3,(H,20,26)/b18-11-. The molecule has 0 aliphatic carbocycles. The van der Waals surface area contributed by atoms with E-state index in [0.717, 1.165) is 11.3 Å². The molecule has 9 heteroatoms. The molecule has 2 aromatic carbocycles. The summed E-state index contributed by atoms with van der Waals surface area (Å²) in [5, 5.41) is 22.1. The molecule has 0 saturated heterocycles. The van der Waals surface area contributed by atoms with Crippen LogP contribution in [0.2, 0.25) is 0 Å². The van der Waals surface area contributed by atoms with Crippen molar-refractivity contribution in [2.45, 2.75) is 6.92 Å². The number of aromatic amines is 1. The molecule has 0 spiro atoms. The highest BCUT2D eigenvalue weighted by molar-refractivity contribution is 7.71. The molecule has 26 heavy (non-hydrogen) atoms. The van der Waals surface area contributed by atoms with Gasteiger partial charge in [0.05, 0.1) is 17.7 Å². The first-order valence-corrected chi connectivity index (χ1v) is 8.19. The molecule has 0 radical (unpaired) electrons. The molecule has 1 N–H and O–H groups in total. The van der Waals surface area contributed by atoms with Gasteiger partial charge in [0.2, 0.25) is 4.77 Å². The number of hydrogen-bond acceptors (Lipinski definition) is 6. The summed E-state index contributed by atoms with van der Waals surface area (Å²) in [6.45, 7) is 2.51. The molecule has 0 amide bonds. The van der Waals surface area contributed by atoms with Crippen molar-refractivity contribution in [2.75, 3.05) is 6.61 Å². The minimum atomic E-state index is -0.452. The van der Waals surface area contributed by atoms with Crippen LogP contribution >= 0.6 is 12.2 Å². The summed E-state index contributed by atoms with van der Waals surface area (Å²) in [7, 11) is 0. The van der Waals surface area contributed by atoms with E-state index in [1.807, 2.05) is 31.2 Å². The fourth-order valence-corrected chi connectivity index (χ4v) is 2.47. The van der Waals surface area contributed by atoms with Crippen molar-refractivity contribution >= 4 is 24.1 Å². The second-order valence-electron chi connectivity index (χ2n) is 5.22. The zero-order chi connectivity index (χ0) is 18.5. The van der Waals surface area contributed by atoms with E-state index in [1.165, 1.54) is 23.0 Å². The van der Waals surface area contributed by atoms with Crippen LogP contribution < -0.4 is 4.74 Å². The molecule has 3 rings (SSSR count). The highest BCUT2D eigenvalue weighted by Gasteiger charge is 2.09. The van der Waals surface area contributed by atoms with Crippen molar-refractivity contribution in [1.82, 2.24) is 14.9 Å². The summed E-state index contributed by atoms with van der Waals surface area (Å²) in [6.07, 6.45) is 1.50. The second kappa shape index (κ2) is 7.70. The predicted octanol–water partition coefficient (Wildman–Crippen LogP) is 3.80. The van der Waals surface area contributed by atoms with Crippen molar-refractivity contribution in [1.29, 1.82) is 0 Å². The van der Waals surface area contributed by atoms with E-state index in [2.05, 4.69) is 15.3 Å². The Balaban J connectivity index is 1.92. The third-order valence-corrected chi connectivity index (χ3v) is 3.74. The molecule has 0 aliphatic heterocycles. The van der Waals surface area contributed by atoms with Gasteiger partial charge >= 0.3 is 0 Å². The van der Waals surface area contributed by atoms with Crippen LogP contribution in [0, 0.1) is 14.9 Å². The molecule has 0 atom stereocenters. The lowest BCUT2D eigenvalue weighted by Crippen LogP contribution is -1.96. The average Bonchev–Trinajstić information content (AvgIpc) is 3.02. The minimum Gasteiger partial charge on any atom is -0.494 e. The van der Waals surface area contributed by atoms with E-state index in [-0.39, 0.29) is 5.69 Å². The van der Waals surface area contributed by atoms with Crippen molar-refractivity contribution in [3.8, 4) is 17.1 Å². The molecule has 8 nitrogen and oxygen atoms in total. The second-order valence-corrected chi connectivity index (χ2v) is 5.60. The number of rotatable bonds is 6. The molecule has 1 aromatic heterocycles. The molecule has 0 fully saturated rings. The van der Waals surface area contributed by atoms with E-state index in [4.69, 9.17) is 17.0 Å². The molecule has 0 bridgehead atoms. The smallest absolute Gasteiger partial charge is 0.270 e. The number of nitrogens with one attached hydrogen (secondary N) is 1. The zero-order valence-electron chi connectivity index (χ0n) is 13.8. The molecular weight excluding hydrogens is 354 g/mol. The van der Waals surface area contributed by atoms with Crippen LogP contribution in [0.15, 0.2) is 53.6 Å². The van der Waals surface area contributed by atoms with Crippen molar-refractivity contribution in [3.05, 3.63) is 69.0 Å². The number of nitro benzene ring substituents is 1. The van der Waals surface area contributed by atoms with Gasteiger partial charge in [-0.15, -0.1) is 0 Å². The number of nitrogens with zero attached hydrogens (tertiary/aromatic N) is 4. The van der Waals surface area contributed by atoms with Gasteiger partial charge in [-0.25, -0.2) is 5.10 Å². The van der Waals surface area contributed by atoms with Crippen LogP contribution in [-0.2, 0) is 0 Å². The Kier molecular flexibility index (Phi) is 5.18. The van der Waals surface area contributed by atoms with Crippen LogP contribution in [0.3, 0.4) is 0 Å². The van der Waals surface area contributed by atoms with Gasteiger partial charge in [0.15, 0.2) is 5.82 Å². The Bertz CT molecular complexity index is 1010. The van der Waals surface area contributed by atoms with Gasteiger partial charge in [-0.05, 0) is 43.4 Å². The number of aromatic nitrogens is 3. The third-order valence-electron chi connectivity index (χ3n) is 3.48. The van der Waals surface area contributed by atoms with Crippen LogP contribution in [-0.4, -0.2) is 32.6 Å². The third kappa shape index (κ3) is 3.83. The van der Waals surface area contributed by atoms with Gasteiger partial charge in [0, 0.05) is 23.3 Å². The van der Waals surface area contributed by atoms with E-state index in [9.17, 15) is 10.1 Å². The van der Waals surface area contributed by atoms with Crippen LogP contribution in [0.1, 0.15) is 12.5 Å². The number of hydrogen-bond donors (Lipinski definition) is 1. The van der Waals surface area contributed by atoms with Crippen molar-refractivity contribution in [2.24, 2.45) is 5.10 Å². The number of nitro groups is 1. The Morgan fingerprint density at radius 3 is 2.81 bits per heavy atom. The molecular formula is C17H15N5O3S. The van der Waals surface area contributed by atoms with Gasteiger partial charge in [0.1, 0.15) is 5.75 Å². The number of benzene rings is 2. The Labute approximate surface area is 153 Å². The van der Waals surface area contributed by atoms with Crippen LogP contribution in [0.5, 0.6) is 5.75 Å². The molecule has 132 valence electrons. The minimum absolute atomic E-state index is 0.00326. The van der Waals surface area contributed by atoms with Gasteiger partial charge in [-0.2, -0.15) is 14.9 Å². The number of non-ortho nitro benzene ring substituents is 1. The van der Waals surface area contributed by atoms with Crippen molar-refractivity contribution < 1.29 is 9.66 Å². The summed E-state index contributed by atoms with van der Waals surface area (Å²) in [5.41, 5.74) is 1.38. The first-order valence-electron chi connectivity index (χ1n) is 7.78. The summed E-state index contributed by atoms with van der Waals surface area (Å²) < 4.78 is 7.21. The molecule has 0 aliphatic rings. The first kappa shape index (κ1) is 17.5. The Hall–Kier alpha value is -3.33. The number of H-pyrrole nitrogens is 1. The SMILES string of the molecule is CCOc1ccc(-c2n[nH]c(=S)n2/N=C\c2cccc([N+](=O)[O-])c2)cc1. The maximum absolute atomic E-state index is 10.9. The monoisotopic (exact) mass is 369 g/mol. The number of ether oxygens (including phenoxy) is 1. The van der Waals surface area contributed by atoms with E-state index in [0.29, 0.717) is 22.8 Å². The molecule has 1 heterocycles. The Morgan fingerprint density at radius 2 is 2.12 bits per heavy atom. The fraction of sp³-hybridized carbons (Fsp3) is 0.118. The summed E-state index contributed by atoms with van der Waals surface area (Å²) >= 11 is 5.22.